The normalized spacial score (nSPS) is 18.3. The molecule has 120 valence electrons. The zero-order valence-corrected chi connectivity index (χ0v) is 15.6. The summed E-state index contributed by atoms with van der Waals surface area (Å²) in [6, 6.07) is 9.81. The predicted octanol–water partition coefficient (Wildman–Crippen LogP) is 3.93. The average Bonchev–Trinajstić information content (AvgIpc) is 2.72. The summed E-state index contributed by atoms with van der Waals surface area (Å²) in [6.45, 7) is 2.28. The van der Waals surface area contributed by atoms with Crippen LogP contribution in [-0.4, -0.2) is 23.1 Å². The number of nitrogens with zero attached hydrogens (tertiary/aromatic N) is 1. The SMILES string of the molecule is Cc1cc(O)c(C2=NCCS[C@H](c3cccc(I)c3)C2)c(=O)o1. The zero-order chi connectivity index (χ0) is 16.4. The lowest BCUT2D eigenvalue weighted by Gasteiger charge is -2.16. The average molecular weight is 441 g/mol. The Morgan fingerprint density at radius 2 is 2.22 bits per heavy atom. The molecule has 2 aromatic rings. The van der Waals surface area contributed by atoms with Crippen molar-refractivity contribution in [1.82, 2.24) is 0 Å². The lowest BCUT2D eigenvalue weighted by molar-refractivity contribution is 0.432. The molecule has 1 aromatic carbocycles. The van der Waals surface area contributed by atoms with Gasteiger partial charge in [0.05, 0.1) is 5.71 Å². The highest BCUT2D eigenvalue weighted by Gasteiger charge is 2.23. The minimum absolute atomic E-state index is 0.0502. The minimum Gasteiger partial charge on any atom is -0.507 e. The monoisotopic (exact) mass is 441 g/mol. The van der Waals surface area contributed by atoms with Gasteiger partial charge in [-0.3, -0.25) is 4.99 Å². The first kappa shape index (κ1) is 16.6. The fraction of sp³-hybridized carbons (Fsp3) is 0.294. The van der Waals surface area contributed by atoms with Crippen molar-refractivity contribution in [3.63, 3.8) is 0 Å². The number of rotatable bonds is 2. The Morgan fingerprint density at radius 1 is 1.39 bits per heavy atom. The van der Waals surface area contributed by atoms with Gasteiger partial charge in [-0.2, -0.15) is 11.8 Å². The van der Waals surface area contributed by atoms with Crippen LogP contribution in [0.15, 0.2) is 44.5 Å². The third-order valence-corrected chi connectivity index (χ3v) is 5.59. The standard InChI is InChI=1S/C17H16INO3S/c1-10-7-14(20)16(17(21)22-10)13-9-15(23-6-5-19-13)11-3-2-4-12(18)8-11/h2-4,7-8,15,20H,5-6,9H2,1H3/t15-/m0/s1. The maximum Gasteiger partial charge on any atom is 0.348 e. The van der Waals surface area contributed by atoms with Gasteiger partial charge in [0.1, 0.15) is 17.1 Å². The van der Waals surface area contributed by atoms with Gasteiger partial charge >= 0.3 is 5.63 Å². The van der Waals surface area contributed by atoms with Crippen molar-refractivity contribution in [2.24, 2.45) is 4.99 Å². The first-order valence-electron chi connectivity index (χ1n) is 7.29. The molecule has 1 aromatic heterocycles. The Hall–Kier alpha value is -1.28. The van der Waals surface area contributed by atoms with Crippen molar-refractivity contribution in [1.29, 1.82) is 0 Å². The van der Waals surface area contributed by atoms with Crippen molar-refractivity contribution in [2.45, 2.75) is 18.6 Å². The highest BCUT2D eigenvalue weighted by molar-refractivity contribution is 14.1. The third-order valence-electron chi connectivity index (χ3n) is 3.65. The van der Waals surface area contributed by atoms with Gasteiger partial charge in [0, 0.05) is 33.6 Å². The van der Waals surface area contributed by atoms with Crippen LogP contribution in [0.2, 0.25) is 0 Å². The lowest BCUT2D eigenvalue weighted by Crippen LogP contribution is -2.17. The molecule has 1 aliphatic heterocycles. The number of thioether (sulfide) groups is 1. The molecule has 0 unspecified atom stereocenters. The summed E-state index contributed by atoms with van der Waals surface area (Å²) in [5.41, 5.74) is 1.53. The number of benzene rings is 1. The first-order valence-corrected chi connectivity index (χ1v) is 9.42. The summed E-state index contributed by atoms with van der Waals surface area (Å²) in [4.78, 5) is 16.7. The van der Waals surface area contributed by atoms with Crippen molar-refractivity contribution in [3.05, 3.63) is 61.2 Å². The molecule has 0 saturated heterocycles. The minimum atomic E-state index is -0.519. The third kappa shape index (κ3) is 3.80. The number of halogens is 1. The van der Waals surface area contributed by atoms with Gasteiger partial charge in [-0.05, 0) is 47.2 Å². The molecule has 1 N–H and O–H groups in total. The molecule has 0 radical (unpaired) electrons. The maximum atomic E-state index is 12.2. The van der Waals surface area contributed by atoms with Gasteiger partial charge in [0.15, 0.2) is 0 Å². The summed E-state index contributed by atoms with van der Waals surface area (Å²) in [7, 11) is 0. The van der Waals surface area contributed by atoms with Crippen LogP contribution in [0.25, 0.3) is 0 Å². The van der Waals surface area contributed by atoms with Crippen LogP contribution >= 0.6 is 34.4 Å². The molecule has 1 aliphatic rings. The van der Waals surface area contributed by atoms with Gasteiger partial charge in [-0.15, -0.1) is 0 Å². The molecule has 0 spiro atoms. The summed E-state index contributed by atoms with van der Waals surface area (Å²) in [5.74, 6) is 1.23. The van der Waals surface area contributed by atoms with Crippen molar-refractivity contribution >= 4 is 40.1 Å². The van der Waals surface area contributed by atoms with E-state index in [1.54, 1.807) is 6.92 Å². The molecular weight excluding hydrogens is 425 g/mol. The largest absolute Gasteiger partial charge is 0.507 e. The molecule has 0 fully saturated rings. The van der Waals surface area contributed by atoms with Crippen molar-refractivity contribution in [3.8, 4) is 5.75 Å². The van der Waals surface area contributed by atoms with E-state index in [2.05, 4.69) is 45.8 Å². The molecule has 4 nitrogen and oxygen atoms in total. The van der Waals surface area contributed by atoms with E-state index in [-0.39, 0.29) is 16.6 Å². The molecule has 3 rings (SSSR count). The topological polar surface area (TPSA) is 62.8 Å². The molecule has 1 atom stereocenters. The fourth-order valence-electron chi connectivity index (χ4n) is 2.64. The molecular formula is C17H16INO3S. The first-order chi connectivity index (χ1) is 11.0. The van der Waals surface area contributed by atoms with Crippen LogP contribution in [0.3, 0.4) is 0 Å². The Kier molecular flexibility index (Phi) is 5.11. The zero-order valence-electron chi connectivity index (χ0n) is 12.6. The highest BCUT2D eigenvalue weighted by Crippen LogP contribution is 2.36. The van der Waals surface area contributed by atoms with E-state index >= 15 is 0 Å². The van der Waals surface area contributed by atoms with Crippen LogP contribution in [0, 0.1) is 10.5 Å². The van der Waals surface area contributed by atoms with Crippen LogP contribution in [-0.2, 0) is 0 Å². The van der Waals surface area contributed by atoms with E-state index in [4.69, 9.17) is 4.42 Å². The highest BCUT2D eigenvalue weighted by atomic mass is 127. The van der Waals surface area contributed by atoms with Crippen molar-refractivity contribution in [2.75, 3.05) is 12.3 Å². The fourth-order valence-corrected chi connectivity index (χ4v) is 4.30. The number of aliphatic imine (C=N–C) groups is 1. The van der Waals surface area contributed by atoms with E-state index in [9.17, 15) is 9.90 Å². The summed E-state index contributed by atoms with van der Waals surface area (Å²) >= 11 is 4.12. The molecule has 23 heavy (non-hydrogen) atoms. The lowest BCUT2D eigenvalue weighted by atomic mass is 10.0. The van der Waals surface area contributed by atoms with Crippen LogP contribution in [0.4, 0.5) is 0 Å². The summed E-state index contributed by atoms with van der Waals surface area (Å²) in [5, 5.41) is 10.4. The van der Waals surface area contributed by atoms with Crippen LogP contribution < -0.4 is 5.63 Å². The van der Waals surface area contributed by atoms with E-state index in [1.807, 2.05) is 17.8 Å². The van der Waals surface area contributed by atoms with Gasteiger partial charge in [-0.1, -0.05) is 12.1 Å². The number of aryl methyl sites for hydroxylation is 1. The number of hydrogen-bond acceptors (Lipinski definition) is 5. The second-order valence-electron chi connectivity index (χ2n) is 5.35. The van der Waals surface area contributed by atoms with Crippen molar-refractivity contribution < 1.29 is 9.52 Å². The summed E-state index contributed by atoms with van der Waals surface area (Å²) < 4.78 is 6.32. The Balaban J connectivity index is 1.97. The molecule has 0 aliphatic carbocycles. The van der Waals surface area contributed by atoms with Gasteiger partial charge < -0.3 is 9.52 Å². The van der Waals surface area contributed by atoms with E-state index in [0.29, 0.717) is 24.4 Å². The molecule has 0 saturated carbocycles. The Labute approximate surface area is 152 Å². The molecule has 0 amide bonds. The van der Waals surface area contributed by atoms with Gasteiger partial charge in [-0.25, -0.2) is 4.79 Å². The van der Waals surface area contributed by atoms with E-state index in [1.165, 1.54) is 15.2 Å². The van der Waals surface area contributed by atoms with E-state index < -0.39 is 5.63 Å². The summed E-state index contributed by atoms with van der Waals surface area (Å²) in [6.07, 6.45) is 0.603. The number of aromatic hydroxyl groups is 1. The van der Waals surface area contributed by atoms with E-state index in [0.717, 1.165) is 5.75 Å². The van der Waals surface area contributed by atoms with Gasteiger partial charge in [0.25, 0.3) is 0 Å². The van der Waals surface area contributed by atoms with Crippen LogP contribution in [0.1, 0.15) is 28.6 Å². The molecule has 6 heteroatoms. The molecule has 0 bridgehead atoms. The smallest absolute Gasteiger partial charge is 0.348 e. The number of hydrogen-bond donors (Lipinski definition) is 1. The second-order valence-corrected chi connectivity index (χ2v) is 7.91. The Bertz CT molecular complexity index is 816. The van der Waals surface area contributed by atoms with Crippen LogP contribution in [0.5, 0.6) is 5.75 Å². The quantitative estimate of drug-likeness (QED) is 0.718. The Morgan fingerprint density at radius 3 is 2.96 bits per heavy atom. The van der Waals surface area contributed by atoms with Gasteiger partial charge in [0.2, 0.25) is 0 Å². The molecule has 2 heterocycles. The predicted molar refractivity (Wildman–Crippen MR) is 102 cm³/mol. The second kappa shape index (κ2) is 7.09. The maximum absolute atomic E-state index is 12.2.